The van der Waals surface area contributed by atoms with Crippen LogP contribution in [0.2, 0.25) is 0 Å². The Morgan fingerprint density at radius 3 is 2.59 bits per heavy atom. The highest BCUT2D eigenvalue weighted by Crippen LogP contribution is 2.24. The van der Waals surface area contributed by atoms with Crippen LogP contribution in [-0.2, 0) is 4.79 Å². The summed E-state index contributed by atoms with van der Waals surface area (Å²) in [5.41, 5.74) is 8.49. The van der Waals surface area contributed by atoms with Crippen molar-refractivity contribution in [1.82, 2.24) is 10.9 Å². The molecule has 3 rings (SSSR count). The van der Waals surface area contributed by atoms with Gasteiger partial charge in [0.2, 0.25) is 5.91 Å². The monoisotopic (exact) mass is 394 g/mol. The number of hydrazine groups is 1. The van der Waals surface area contributed by atoms with Crippen molar-refractivity contribution >= 4 is 22.8 Å². The highest BCUT2D eigenvalue weighted by molar-refractivity contribution is 5.99. The minimum atomic E-state index is -0.467. The number of unbranched alkanes of at least 4 members (excludes halogenated alkanes) is 1. The summed E-state index contributed by atoms with van der Waals surface area (Å²) in [6, 6.07) is 13.5. The number of nitrogens with one attached hydrogen (secondary N) is 2. The Morgan fingerprint density at radius 1 is 1.00 bits per heavy atom. The average Bonchev–Trinajstić information content (AvgIpc) is 3.05. The molecule has 152 valence electrons. The number of rotatable bonds is 7. The molecule has 0 radical (unpaired) electrons. The fourth-order valence-electron chi connectivity index (χ4n) is 3.07. The number of carbonyl (C=O) groups excluding carboxylic acids is 2. The van der Waals surface area contributed by atoms with Gasteiger partial charge in [0.15, 0.2) is 5.76 Å². The Hall–Kier alpha value is -3.28. The van der Waals surface area contributed by atoms with Crippen LogP contribution in [0.3, 0.4) is 0 Å². The zero-order valence-corrected chi connectivity index (χ0v) is 17.0. The van der Waals surface area contributed by atoms with Gasteiger partial charge in [-0.1, -0.05) is 30.3 Å². The van der Waals surface area contributed by atoms with Crippen molar-refractivity contribution in [2.24, 2.45) is 0 Å². The zero-order chi connectivity index (χ0) is 20.8. The lowest BCUT2D eigenvalue weighted by molar-refractivity contribution is -0.122. The summed E-state index contributed by atoms with van der Waals surface area (Å²) >= 11 is 0. The number of para-hydroxylation sites is 1. The van der Waals surface area contributed by atoms with Gasteiger partial charge in [-0.2, -0.15) is 0 Å². The van der Waals surface area contributed by atoms with Crippen LogP contribution in [0, 0.1) is 20.8 Å². The molecule has 0 spiro atoms. The second kappa shape index (κ2) is 9.28. The number of hydrogen-bond acceptors (Lipinski definition) is 4. The highest BCUT2D eigenvalue weighted by atomic mass is 16.5. The first kappa shape index (κ1) is 20.5. The van der Waals surface area contributed by atoms with Gasteiger partial charge in [-0.25, -0.2) is 0 Å². The standard InChI is InChI=1S/C23H26N2O4/c1-15-11-12-16(2)20(14-15)28-13-7-6-10-21(26)24-25-23(27)22-17(3)18-8-4-5-9-19(18)29-22/h4-5,8-9,11-12,14H,6-7,10,13H2,1-3H3,(H,24,26)(H,25,27). The molecule has 0 aliphatic carbocycles. The smallest absolute Gasteiger partial charge is 0.305 e. The fraction of sp³-hybridized carbons (Fsp3) is 0.304. The second-order valence-corrected chi connectivity index (χ2v) is 7.13. The van der Waals surface area contributed by atoms with Gasteiger partial charge in [-0.3, -0.25) is 20.4 Å². The third kappa shape index (κ3) is 5.16. The summed E-state index contributed by atoms with van der Waals surface area (Å²) in [4.78, 5) is 24.3. The number of benzene rings is 2. The molecule has 1 aromatic heterocycles. The lowest BCUT2D eigenvalue weighted by Gasteiger charge is -2.10. The molecule has 0 atom stereocenters. The number of hydrogen-bond donors (Lipinski definition) is 2. The molecule has 2 amide bonds. The molecule has 0 saturated heterocycles. The van der Waals surface area contributed by atoms with E-state index in [1.165, 1.54) is 0 Å². The number of furan rings is 1. The van der Waals surface area contributed by atoms with E-state index in [0.29, 0.717) is 25.0 Å². The van der Waals surface area contributed by atoms with Gasteiger partial charge in [0.25, 0.3) is 0 Å². The first-order valence-corrected chi connectivity index (χ1v) is 9.73. The topological polar surface area (TPSA) is 80.6 Å². The van der Waals surface area contributed by atoms with Crippen molar-refractivity contribution in [3.63, 3.8) is 0 Å². The normalized spacial score (nSPS) is 10.7. The Kier molecular flexibility index (Phi) is 6.54. The Bertz CT molecular complexity index is 1020. The van der Waals surface area contributed by atoms with E-state index in [1.807, 2.05) is 57.2 Å². The van der Waals surface area contributed by atoms with E-state index in [-0.39, 0.29) is 11.7 Å². The van der Waals surface area contributed by atoms with E-state index in [2.05, 4.69) is 10.9 Å². The summed E-state index contributed by atoms with van der Waals surface area (Å²) in [5.74, 6) is 0.362. The molecule has 0 aliphatic rings. The largest absolute Gasteiger partial charge is 0.493 e. The van der Waals surface area contributed by atoms with Gasteiger partial charge >= 0.3 is 5.91 Å². The number of ether oxygens (including phenoxy) is 1. The van der Waals surface area contributed by atoms with E-state index in [0.717, 1.165) is 34.2 Å². The lowest BCUT2D eigenvalue weighted by Crippen LogP contribution is -2.41. The molecule has 0 unspecified atom stereocenters. The van der Waals surface area contributed by atoms with E-state index in [9.17, 15) is 9.59 Å². The molecular weight excluding hydrogens is 368 g/mol. The van der Waals surface area contributed by atoms with E-state index in [4.69, 9.17) is 9.15 Å². The third-order valence-electron chi connectivity index (χ3n) is 4.76. The molecule has 3 aromatic rings. The van der Waals surface area contributed by atoms with Crippen molar-refractivity contribution < 1.29 is 18.7 Å². The molecule has 6 nitrogen and oxygen atoms in total. The SMILES string of the molecule is Cc1ccc(C)c(OCCCCC(=O)NNC(=O)c2oc3ccccc3c2C)c1. The first-order valence-electron chi connectivity index (χ1n) is 9.73. The van der Waals surface area contributed by atoms with Crippen molar-refractivity contribution in [3.8, 4) is 5.75 Å². The maximum Gasteiger partial charge on any atom is 0.305 e. The fourth-order valence-corrected chi connectivity index (χ4v) is 3.07. The Balaban J connectivity index is 1.39. The van der Waals surface area contributed by atoms with Gasteiger partial charge < -0.3 is 9.15 Å². The van der Waals surface area contributed by atoms with Gasteiger partial charge in [0, 0.05) is 17.4 Å². The lowest BCUT2D eigenvalue weighted by atomic mass is 10.1. The molecule has 0 bridgehead atoms. The maximum atomic E-state index is 12.3. The van der Waals surface area contributed by atoms with Crippen LogP contribution >= 0.6 is 0 Å². The van der Waals surface area contributed by atoms with E-state index >= 15 is 0 Å². The minimum absolute atomic E-state index is 0.202. The van der Waals surface area contributed by atoms with Crippen molar-refractivity contribution in [1.29, 1.82) is 0 Å². The van der Waals surface area contributed by atoms with Crippen LogP contribution in [0.1, 0.15) is 46.5 Å². The molecule has 6 heteroatoms. The Morgan fingerprint density at radius 2 is 1.79 bits per heavy atom. The van der Waals surface area contributed by atoms with Crippen LogP contribution in [0.4, 0.5) is 0 Å². The average molecular weight is 394 g/mol. The zero-order valence-electron chi connectivity index (χ0n) is 17.0. The van der Waals surface area contributed by atoms with Crippen molar-refractivity contribution in [3.05, 3.63) is 64.9 Å². The van der Waals surface area contributed by atoms with Crippen LogP contribution in [0.25, 0.3) is 11.0 Å². The molecule has 1 heterocycles. The summed E-state index contributed by atoms with van der Waals surface area (Å²) in [6.07, 6.45) is 1.71. The molecule has 2 N–H and O–H groups in total. The molecular formula is C23H26N2O4. The Labute approximate surface area is 170 Å². The minimum Gasteiger partial charge on any atom is -0.493 e. The van der Waals surface area contributed by atoms with Gasteiger partial charge in [0.05, 0.1) is 6.61 Å². The van der Waals surface area contributed by atoms with Crippen molar-refractivity contribution in [2.75, 3.05) is 6.61 Å². The first-order chi connectivity index (χ1) is 14.0. The van der Waals surface area contributed by atoms with Gasteiger partial charge in [-0.15, -0.1) is 0 Å². The maximum absolute atomic E-state index is 12.3. The molecule has 29 heavy (non-hydrogen) atoms. The second-order valence-electron chi connectivity index (χ2n) is 7.13. The number of aryl methyl sites for hydroxylation is 3. The quantitative estimate of drug-likeness (QED) is 0.461. The molecule has 0 saturated carbocycles. The summed E-state index contributed by atoms with van der Waals surface area (Å²) in [6.45, 7) is 6.40. The summed E-state index contributed by atoms with van der Waals surface area (Å²) in [7, 11) is 0. The van der Waals surface area contributed by atoms with Crippen LogP contribution < -0.4 is 15.6 Å². The van der Waals surface area contributed by atoms with Crippen LogP contribution in [0.15, 0.2) is 46.9 Å². The number of carbonyl (C=O) groups is 2. The summed E-state index contributed by atoms with van der Waals surface area (Å²) < 4.78 is 11.4. The van der Waals surface area contributed by atoms with Crippen LogP contribution in [-0.4, -0.2) is 18.4 Å². The van der Waals surface area contributed by atoms with Gasteiger partial charge in [-0.05, 0) is 56.9 Å². The highest BCUT2D eigenvalue weighted by Gasteiger charge is 2.17. The molecule has 0 aliphatic heterocycles. The molecule has 2 aromatic carbocycles. The predicted molar refractivity (Wildman–Crippen MR) is 112 cm³/mol. The van der Waals surface area contributed by atoms with Crippen molar-refractivity contribution in [2.45, 2.75) is 40.0 Å². The van der Waals surface area contributed by atoms with E-state index in [1.54, 1.807) is 6.07 Å². The predicted octanol–water partition coefficient (Wildman–Crippen LogP) is 4.37. The number of fused-ring (bicyclic) bond motifs is 1. The van der Waals surface area contributed by atoms with Crippen LogP contribution in [0.5, 0.6) is 5.75 Å². The van der Waals surface area contributed by atoms with Gasteiger partial charge in [0.1, 0.15) is 11.3 Å². The summed E-state index contributed by atoms with van der Waals surface area (Å²) in [5, 5.41) is 0.882. The third-order valence-corrected chi connectivity index (χ3v) is 4.76. The molecule has 0 fully saturated rings. The number of amides is 2. The van der Waals surface area contributed by atoms with E-state index < -0.39 is 5.91 Å².